The van der Waals surface area contributed by atoms with E-state index in [0.29, 0.717) is 0 Å². The van der Waals surface area contributed by atoms with Gasteiger partial charge >= 0.3 is 6.18 Å². The number of aldehydes is 1. The quantitative estimate of drug-likeness (QED) is 0.596. The highest BCUT2D eigenvalue weighted by Gasteiger charge is 2.24. The third-order valence-electron chi connectivity index (χ3n) is 2.77. The van der Waals surface area contributed by atoms with Gasteiger partial charge in [-0.25, -0.2) is 0 Å². The molecule has 0 aliphatic carbocycles. The average Bonchev–Trinajstić information content (AvgIpc) is 2.45. The lowest BCUT2D eigenvalue weighted by atomic mass is 10.0. The topological polar surface area (TPSA) is 17.1 Å². The van der Waals surface area contributed by atoms with Gasteiger partial charge in [0.05, 0.1) is 0 Å². The Balaban J connectivity index is 2.33. The molecule has 0 aliphatic rings. The van der Waals surface area contributed by atoms with Crippen molar-refractivity contribution in [1.29, 1.82) is 0 Å². The van der Waals surface area contributed by atoms with Crippen molar-refractivity contribution in [3.63, 3.8) is 0 Å². The maximum Gasteiger partial charge on any atom is 0.410 e. The summed E-state index contributed by atoms with van der Waals surface area (Å²) < 4.78 is 36.9. The molecule has 0 N–H and O–H groups in total. The Bertz CT molecular complexity index is 610. The largest absolute Gasteiger partial charge is 0.410 e. The molecule has 0 bridgehead atoms. The summed E-state index contributed by atoms with van der Waals surface area (Å²) in [6.45, 7) is 0. The van der Waals surface area contributed by atoms with Crippen molar-refractivity contribution in [2.45, 2.75) is 6.18 Å². The second-order valence-corrected chi connectivity index (χ2v) is 4.20. The summed E-state index contributed by atoms with van der Waals surface area (Å²) in [5, 5.41) is 0. The van der Waals surface area contributed by atoms with E-state index in [4.69, 9.17) is 0 Å². The molecule has 20 heavy (non-hydrogen) atoms. The highest BCUT2D eigenvalue weighted by molar-refractivity contribution is 6.07. The first-order valence-electron chi connectivity index (χ1n) is 5.90. The van der Waals surface area contributed by atoms with Crippen LogP contribution in [0.3, 0.4) is 0 Å². The minimum Gasteiger partial charge on any atom is -0.298 e. The van der Waals surface area contributed by atoms with Crippen molar-refractivity contribution < 1.29 is 18.0 Å². The molecule has 0 aromatic heterocycles. The van der Waals surface area contributed by atoms with Gasteiger partial charge in [-0.05, 0) is 16.7 Å². The SMILES string of the molecule is O=C/C(=C/C(F)(F)F)c1ccc(-c2ccccc2)cc1. The number of halogens is 3. The van der Waals surface area contributed by atoms with Crippen LogP contribution >= 0.6 is 0 Å². The van der Waals surface area contributed by atoms with Gasteiger partial charge in [0.25, 0.3) is 0 Å². The van der Waals surface area contributed by atoms with Crippen molar-refractivity contribution in [3.05, 3.63) is 66.2 Å². The molecule has 0 saturated heterocycles. The van der Waals surface area contributed by atoms with Gasteiger partial charge in [0.15, 0.2) is 6.29 Å². The first-order valence-corrected chi connectivity index (χ1v) is 5.90. The predicted molar refractivity (Wildman–Crippen MR) is 72.0 cm³/mol. The van der Waals surface area contributed by atoms with Crippen LogP contribution in [0.4, 0.5) is 13.2 Å². The number of benzene rings is 2. The first kappa shape index (κ1) is 14.1. The van der Waals surface area contributed by atoms with E-state index in [1.165, 1.54) is 12.1 Å². The summed E-state index contributed by atoms with van der Waals surface area (Å²) in [5.41, 5.74) is 1.72. The van der Waals surface area contributed by atoms with E-state index in [0.717, 1.165) is 11.1 Å². The van der Waals surface area contributed by atoms with E-state index < -0.39 is 6.18 Å². The minimum atomic E-state index is -4.51. The molecule has 1 nitrogen and oxygen atoms in total. The molecular weight excluding hydrogens is 265 g/mol. The van der Waals surface area contributed by atoms with Gasteiger partial charge in [0.1, 0.15) is 0 Å². The number of carbonyl (C=O) groups excluding carboxylic acids is 1. The second kappa shape index (κ2) is 5.74. The summed E-state index contributed by atoms with van der Waals surface area (Å²) in [6, 6.07) is 15.9. The van der Waals surface area contributed by atoms with Crippen molar-refractivity contribution in [3.8, 4) is 11.1 Å². The summed E-state index contributed by atoms with van der Waals surface area (Å²) in [5.74, 6) is 0. The Kier molecular flexibility index (Phi) is 4.03. The van der Waals surface area contributed by atoms with Gasteiger partial charge in [-0.15, -0.1) is 0 Å². The molecule has 0 atom stereocenters. The Hall–Kier alpha value is -2.36. The molecule has 0 aliphatic heterocycles. The van der Waals surface area contributed by atoms with E-state index in [-0.39, 0.29) is 23.5 Å². The maximum absolute atomic E-state index is 12.3. The molecule has 0 amide bonds. The maximum atomic E-state index is 12.3. The van der Waals surface area contributed by atoms with Crippen molar-refractivity contribution >= 4 is 11.9 Å². The summed E-state index contributed by atoms with van der Waals surface area (Å²) >= 11 is 0. The second-order valence-electron chi connectivity index (χ2n) is 4.20. The molecule has 0 saturated carbocycles. The molecule has 0 unspecified atom stereocenters. The van der Waals surface area contributed by atoms with Crippen LogP contribution in [0, 0.1) is 0 Å². The fraction of sp³-hybridized carbons (Fsp3) is 0.0625. The summed E-state index contributed by atoms with van der Waals surface area (Å²) in [7, 11) is 0. The zero-order valence-corrected chi connectivity index (χ0v) is 10.4. The number of rotatable bonds is 3. The third kappa shape index (κ3) is 3.57. The van der Waals surface area contributed by atoms with Crippen LogP contribution < -0.4 is 0 Å². The number of alkyl halides is 3. The van der Waals surface area contributed by atoms with Gasteiger partial charge in [-0.3, -0.25) is 4.79 Å². The smallest absolute Gasteiger partial charge is 0.298 e. The Morgan fingerprint density at radius 3 is 1.90 bits per heavy atom. The number of carbonyl (C=O) groups is 1. The monoisotopic (exact) mass is 276 g/mol. The van der Waals surface area contributed by atoms with Crippen LogP contribution in [0.15, 0.2) is 60.7 Å². The molecule has 4 heteroatoms. The summed E-state index contributed by atoms with van der Waals surface area (Å²) in [6.07, 6.45) is -4.28. The lowest BCUT2D eigenvalue weighted by molar-refractivity contribution is -0.104. The van der Waals surface area contributed by atoms with Crippen LogP contribution in [-0.4, -0.2) is 12.5 Å². The van der Waals surface area contributed by atoms with E-state index in [2.05, 4.69) is 0 Å². The number of allylic oxidation sites excluding steroid dienone is 2. The highest BCUT2D eigenvalue weighted by atomic mass is 19.4. The van der Waals surface area contributed by atoms with Crippen LogP contribution in [-0.2, 0) is 4.79 Å². The predicted octanol–water partition coefficient (Wildman–Crippen LogP) is 4.50. The normalized spacial score (nSPS) is 12.2. The van der Waals surface area contributed by atoms with Crippen LogP contribution in [0.25, 0.3) is 16.7 Å². The van der Waals surface area contributed by atoms with Crippen LogP contribution in [0.1, 0.15) is 5.56 Å². The molecule has 2 aromatic rings. The van der Waals surface area contributed by atoms with Crippen LogP contribution in [0.2, 0.25) is 0 Å². The standard InChI is InChI=1S/C16H11F3O/c17-16(18,19)10-15(11-20)14-8-6-13(7-9-14)12-4-2-1-3-5-12/h1-11H/b15-10-. The van der Waals surface area contributed by atoms with Gasteiger partial charge < -0.3 is 0 Å². The third-order valence-corrected chi connectivity index (χ3v) is 2.77. The zero-order chi connectivity index (χ0) is 14.6. The summed E-state index contributed by atoms with van der Waals surface area (Å²) in [4.78, 5) is 10.8. The fourth-order valence-corrected chi connectivity index (χ4v) is 1.85. The lowest BCUT2D eigenvalue weighted by Gasteiger charge is -2.06. The molecule has 2 rings (SSSR count). The van der Waals surface area contributed by atoms with Gasteiger partial charge in [0.2, 0.25) is 0 Å². The molecule has 0 heterocycles. The number of hydrogen-bond acceptors (Lipinski definition) is 1. The molecular formula is C16H11F3O. The Morgan fingerprint density at radius 1 is 0.850 bits per heavy atom. The average molecular weight is 276 g/mol. The fourth-order valence-electron chi connectivity index (χ4n) is 1.85. The zero-order valence-electron chi connectivity index (χ0n) is 10.4. The molecule has 102 valence electrons. The minimum absolute atomic E-state index is 0.0114. The van der Waals surface area contributed by atoms with Gasteiger partial charge in [-0.2, -0.15) is 13.2 Å². The van der Waals surface area contributed by atoms with Crippen LogP contribution in [0.5, 0.6) is 0 Å². The van der Waals surface area contributed by atoms with E-state index in [9.17, 15) is 18.0 Å². The lowest BCUT2D eigenvalue weighted by Crippen LogP contribution is -2.03. The van der Waals surface area contributed by atoms with Crippen molar-refractivity contribution in [2.24, 2.45) is 0 Å². The van der Waals surface area contributed by atoms with Gasteiger partial charge in [-0.1, -0.05) is 54.6 Å². The molecule has 2 aromatic carbocycles. The first-order chi connectivity index (χ1) is 9.49. The molecule has 0 radical (unpaired) electrons. The van der Waals surface area contributed by atoms with Crippen molar-refractivity contribution in [1.82, 2.24) is 0 Å². The van der Waals surface area contributed by atoms with E-state index in [1.54, 1.807) is 12.1 Å². The Labute approximate surface area is 114 Å². The van der Waals surface area contributed by atoms with E-state index in [1.807, 2.05) is 30.3 Å². The van der Waals surface area contributed by atoms with Crippen molar-refractivity contribution in [2.75, 3.05) is 0 Å². The van der Waals surface area contributed by atoms with E-state index >= 15 is 0 Å². The highest BCUT2D eigenvalue weighted by Crippen LogP contribution is 2.25. The number of hydrogen-bond donors (Lipinski definition) is 0. The van der Waals surface area contributed by atoms with Gasteiger partial charge in [0, 0.05) is 11.6 Å². The Morgan fingerprint density at radius 2 is 1.40 bits per heavy atom. The molecule has 0 fully saturated rings. The molecule has 0 spiro atoms.